The van der Waals surface area contributed by atoms with E-state index in [0.29, 0.717) is 19.0 Å². The van der Waals surface area contributed by atoms with E-state index in [0.717, 1.165) is 12.0 Å². The molecule has 5 heteroatoms. The molecule has 1 aromatic carbocycles. The number of nitro groups is 1. The van der Waals surface area contributed by atoms with E-state index in [-0.39, 0.29) is 11.8 Å². The predicted molar refractivity (Wildman–Crippen MR) is 69.0 cm³/mol. The van der Waals surface area contributed by atoms with Crippen LogP contribution < -0.4 is 4.74 Å². The van der Waals surface area contributed by atoms with Crippen molar-refractivity contribution in [1.29, 1.82) is 0 Å². The molecule has 0 N–H and O–H groups in total. The van der Waals surface area contributed by atoms with Crippen LogP contribution in [0.1, 0.15) is 25.8 Å². The minimum Gasteiger partial charge on any atom is -0.481 e. The molecule has 1 fully saturated rings. The average molecular weight is 253 g/mol. The highest BCUT2D eigenvalue weighted by molar-refractivity contribution is 5.48. The maximum atomic E-state index is 10.8. The Morgan fingerprint density at radius 1 is 1.44 bits per heavy atom. The van der Waals surface area contributed by atoms with Gasteiger partial charge in [0.05, 0.1) is 18.1 Å². The lowest BCUT2D eigenvalue weighted by atomic mass is 10.2. The van der Waals surface area contributed by atoms with Gasteiger partial charge < -0.3 is 9.47 Å². The normalized spacial score (nSPS) is 17.8. The Labute approximate surface area is 107 Å². The van der Waals surface area contributed by atoms with Crippen molar-refractivity contribution < 1.29 is 14.4 Å². The zero-order chi connectivity index (χ0) is 13.5. The number of ether oxygens (including phenoxy) is 2. The highest BCUT2D eigenvalue weighted by Crippen LogP contribution is 2.29. The molecule has 1 aliphatic heterocycles. The fourth-order valence-electron chi connectivity index (χ4n) is 1.66. The molecule has 1 aromatic rings. The zero-order valence-electron chi connectivity index (χ0n) is 11.0. The number of benzene rings is 1. The SMILES string of the molecule is CC.Cc1ccc(OC2CCOC2)c([N+](=O)[O-])c1. The minimum absolute atomic E-state index is 0.0203. The van der Waals surface area contributed by atoms with Gasteiger partial charge in [-0.2, -0.15) is 0 Å². The molecule has 1 unspecified atom stereocenters. The van der Waals surface area contributed by atoms with Crippen LogP contribution in [-0.4, -0.2) is 24.2 Å². The molecule has 1 aliphatic rings. The van der Waals surface area contributed by atoms with E-state index < -0.39 is 4.92 Å². The quantitative estimate of drug-likeness (QED) is 0.613. The Hall–Kier alpha value is -1.62. The van der Waals surface area contributed by atoms with Gasteiger partial charge in [-0.25, -0.2) is 0 Å². The van der Waals surface area contributed by atoms with Gasteiger partial charge in [0.25, 0.3) is 0 Å². The summed E-state index contributed by atoms with van der Waals surface area (Å²) in [7, 11) is 0. The van der Waals surface area contributed by atoms with Gasteiger partial charge in [-0.15, -0.1) is 0 Å². The molecule has 0 radical (unpaired) electrons. The number of rotatable bonds is 3. The maximum Gasteiger partial charge on any atom is 0.311 e. The first kappa shape index (κ1) is 14.4. The van der Waals surface area contributed by atoms with Crippen LogP contribution in [0.5, 0.6) is 5.75 Å². The Morgan fingerprint density at radius 3 is 2.72 bits per heavy atom. The summed E-state index contributed by atoms with van der Waals surface area (Å²) in [5, 5.41) is 10.8. The molecular weight excluding hydrogens is 234 g/mol. The molecule has 0 aliphatic carbocycles. The lowest BCUT2D eigenvalue weighted by Gasteiger charge is -2.11. The molecule has 0 aromatic heterocycles. The second-order valence-corrected chi connectivity index (χ2v) is 3.83. The van der Waals surface area contributed by atoms with Crippen molar-refractivity contribution in [1.82, 2.24) is 0 Å². The summed E-state index contributed by atoms with van der Waals surface area (Å²) in [6, 6.07) is 4.97. The van der Waals surface area contributed by atoms with E-state index >= 15 is 0 Å². The third-order valence-corrected chi connectivity index (χ3v) is 2.49. The van der Waals surface area contributed by atoms with Gasteiger partial charge in [-0.1, -0.05) is 19.9 Å². The van der Waals surface area contributed by atoms with E-state index in [2.05, 4.69) is 0 Å². The van der Waals surface area contributed by atoms with Crippen LogP contribution in [0.25, 0.3) is 0 Å². The Morgan fingerprint density at radius 2 is 2.17 bits per heavy atom. The van der Waals surface area contributed by atoms with Crippen molar-refractivity contribution in [3.05, 3.63) is 33.9 Å². The molecule has 100 valence electrons. The molecule has 1 atom stereocenters. The fraction of sp³-hybridized carbons (Fsp3) is 0.538. The number of aryl methyl sites for hydroxylation is 1. The molecule has 2 rings (SSSR count). The number of nitro benzene ring substituents is 1. The van der Waals surface area contributed by atoms with Gasteiger partial charge in [0.1, 0.15) is 6.10 Å². The predicted octanol–water partition coefficient (Wildman–Crippen LogP) is 3.10. The first-order valence-electron chi connectivity index (χ1n) is 6.16. The summed E-state index contributed by atoms with van der Waals surface area (Å²) in [5.74, 6) is 0.325. The smallest absolute Gasteiger partial charge is 0.311 e. The van der Waals surface area contributed by atoms with Crippen LogP contribution in [0, 0.1) is 17.0 Å². The molecule has 18 heavy (non-hydrogen) atoms. The van der Waals surface area contributed by atoms with Crippen LogP contribution >= 0.6 is 0 Å². The molecule has 0 saturated carbocycles. The molecule has 1 heterocycles. The van der Waals surface area contributed by atoms with Gasteiger partial charge in [-0.05, 0) is 18.6 Å². The second-order valence-electron chi connectivity index (χ2n) is 3.83. The number of hydrogen-bond acceptors (Lipinski definition) is 4. The highest BCUT2D eigenvalue weighted by Gasteiger charge is 2.22. The largest absolute Gasteiger partial charge is 0.481 e. The lowest BCUT2D eigenvalue weighted by Crippen LogP contribution is -2.16. The van der Waals surface area contributed by atoms with Crippen LogP contribution in [-0.2, 0) is 4.74 Å². The van der Waals surface area contributed by atoms with Crippen molar-refractivity contribution in [2.75, 3.05) is 13.2 Å². The number of nitrogens with zero attached hydrogens (tertiary/aromatic N) is 1. The first-order chi connectivity index (χ1) is 8.66. The summed E-state index contributed by atoms with van der Waals surface area (Å²) in [6.07, 6.45) is 0.715. The van der Waals surface area contributed by atoms with E-state index in [1.54, 1.807) is 12.1 Å². The van der Waals surface area contributed by atoms with E-state index in [9.17, 15) is 10.1 Å². The van der Waals surface area contributed by atoms with E-state index in [1.165, 1.54) is 6.07 Å². The van der Waals surface area contributed by atoms with Crippen molar-refractivity contribution in [2.45, 2.75) is 33.3 Å². The standard InChI is InChI=1S/C11H13NO4.C2H6/c1-8-2-3-11(10(6-8)12(13)14)16-9-4-5-15-7-9;1-2/h2-3,6,9H,4-5,7H2,1H3;1-2H3. The first-order valence-corrected chi connectivity index (χ1v) is 6.16. The molecule has 0 amide bonds. The maximum absolute atomic E-state index is 10.8. The van der Waals surface area contributed by atoms with Crippen molar-refractivity contribution in [2.24, 2.45) is 0 Å². The number of hydrogen-bond donors (Lipinski definition) is 0. The molecule has 0 spiro atoms. The summed E-state index contributed by atoms with van der Waals surface area (Å²) >= 11 is 0. The topological polar surface area (TPSA) is 61.6 Å². The van der Waals surface area contributed by atoms with Gasteiger partial charge >= 0.3 is 5.69 Å². The third-order valence-electron chi connectivity index (χ3n) is 2.49. The monoisotopic (exact) mass is 253 g/mol. The highest BCUT2D eigenvalue weighted by atomic mass is 16.6. The summed E-state index contributed by atoms with van der Waals surface area (Å²) in [6.45, 7) is 6.98. The van der Waals surface area contributed by atoms with Gasteiger partial charge in [-0.3, -0.25) is 10.1 Å². The zero-order valence-corrected chi connectivity index (χ0v) is 11.0. The Kier molecular flexibility index (Phi) is 5.58. The van der Waals surface area contributed by atoms with Crippen LogP contribution in [0.2, 0.25) is 0 Å². The molecule has 1 saturated heterocycles. The Balaban J connectivity index is 0.000000771. The summed E-state index contributed by atoms with van der Waals surface area (Å²) < 4.78 is 10.7. The average Bonchev–Trinajstić information content (AvgIpc) is 2.86. The molecule has 5 nitrogen and oxygen atoms in total. The third kappa shape index (κ3) is 3.70. The van der Waals surface area contributed by atoms with Gasteiger partial charge in [0.15, 0.2) is 5.75 Å². The van der Waals surface area contributed by atoms with Gasteiger partial charge in [0, 0.05) is 12.5 Å². The van der Waals surface area contributed by atoms with Crippen LogP contribution in [0.4, 0.5) is 5.69 Å². The van der Waals surface area contributed by atoms with E-state index in [4.69, 9.17) is 9.47 Å². The minimum atomic E-state index is -0.419. The summed E-state index contributed by atoms with van der Waals surface area (Å²) in [4.78, 5) is 10.4. The molecule has 0 bridgehead atoms. The van der Waals surface area contributed by atoms with Gasteiger partial charge in [0.2, 0.25) is 0 Å². The summed E-state index contributed by atoms with van der Waals surface area (Å²) in [5.41, 5.74) is 0.869. The van der Waals surface area contributed by atoms with Crippen molar-refractivity contribution in [3.63, 3.8) is 0 Å². The Bertz CT molecular complexity index is 400. The van der Waals surface area contributed by atoms with Crippen LogP contribution in [0.3, 0.4) is 0 Å². The van der Waals surface area contributed by atoms with Crippen molar-refractivity contribution in [3.8, 4) is 5.75 Å². The lowest BCUT2D eigenvalue weighted by molar-refractivity contribution is -0.386. The fourth-order valence-corrected chi connectivity index (χ4v) is 1.66. The second kappa shape index (κ2) is 6.96. The molecular formula is C13H19NO4. The van der Waals surface area contributed by atoms with E-state index in [1.807, 2.05) is 20.8 Å². The van der Waals surface area contributed by atoms with Crippen LogP contribution in [0.15, 0.2) is 18.2 Å². The van der Waals surface area contributed by atoms with Crippen molar-refractivity contribution >= 4 is 5.69 Å².